The quantitative estimate of drug-likeness (QED) is 0.789. The van der Waals surface area contributed by atoms with E-state index in [-0.39, 0.29) is 6.04 Å². The van der Waals surface area contributed by atoms with Crippen molar-refractivity contribution in [3.63, 3.8) is 0 Å². The molecule has 0 heterocycles. The Balaban J connectivity index is 2.71. The van der Waals surface area contributed by atoms with Crippen LogP contribution in [-0.2, 0) is 0 Å². The van der Waals surface area contributed by atoms with Crippen LogP contribution in [0.1, 0.15) is 23.6 Å². The predicted molar refractivity (Wildman–Crippen MR) is 85.3 cm³/mol. The second kappa shape index (κ2) is 8.25. The lowest BCUT2D eigenvalue weighted by atomic mass is 10.0. The molecule has 1 rings (SSSR count). The van der Waals surface area contributed by atoms with E-state index >= 15 is 0 Å². The van der Waals surface area contributed by atoms with Crippen molar-refractivity contribution in [2.75, 3.05) is 47.9 Å². The molecule has 4 nitrogen and oxygen atoms in total. The number of benzene rings is 1. The van der Waals surface area contributed by atoms with Crippen molar-refractivity contribution in [3.8, 4) is 5.75 Å². The van der Waals surface area contributed by atoms with Crippen LogP contribution in [0.5, 0.6) is 5.75 Å². The average molecular weight is 279 g/mol. The molecule has 0 aliphatic carbocycles. The Bertz CT molecular complexity index is 407. The molecule has 0 fully saturated rings. The summed E-state index contributed by atoms with van der Waals surface area (Å²) in [5.41, 5.74) is 8.39. The minimum atomic E-state index is 0.266. The fraction of sp³-hybridized carbons (Fsp3) is 0.625. The van der Waals surface area contributed by atoms with Crippen LogP contribution in [-0.4, -0.2) is 57.7 Å². The third kappa shape index (κ3) is 4.78. The molecule has 0 aliphatic heterocycles. The second-order valence-electron chi connectivity index (χ2n) is 5.62. The van der Waals surface area contributed by atoms with Crippen molar-refractivity contribution in [3.05, 3.63) is 29.3 Å². The van der Waals surface area contributed by atoms with Crippen LogP contribution in [0.2, 0.25) is 0 Å². The van der Waals surface area contributed by atoms with Gasteiger partial charge in [-0.3, -0.25) is 4.90 Å². The third-order valence-corrected chi connectivity index (χ3v) is 3.68. The Labute approximate surface area is 123 Å². The smallest absolute Gasteiger partial charge is 0.121 e. The highest BCUT2D eigenvalue weighted by atomic mass is 16.5. The summed E-state index contributed by atoms with van der Waals surface area (Å²) in [7, 11) is 8.06. The number of ether oxygens (including phenoxy) is 1. The van der Waals surface area contributed by atoms with Crippen molar-refractivity contribution in [2.45, 2.75) is 19.4 Å². The molecule has 0 amide bonds. The highest BCUT2D eigenvalue weighted by molar-refractivity contribution is 5.37. The lowest BCUT2D eigenvalue weighted by Gasteiger charge is -2.28. The molecule has 2 N–H and O–H groups in total. The van der Waals surface area contributed by atoms with Crippen LogP contribution < -0.4 is 10.5 Å². The van der Waals surface area contributed by atoms with Gasteiger partial charge < -0.3 is 15.4 Å². The van der Waals surface area contributed by atoms with Gasteiger partial charge in [-0.2, -0.15) is 0 Å². The van der Waals surface area contributed by atoms with Gasteiger partial charge in [0.05, 0.1) is 7.11 Å². The molecule has 20 heavy (non-hydrogen) atoms. The molecule has 1 atom stereocenters. The molecular formula is C16H29N3O. The second-order valence-corrected chi connectivity index (χ2v) is 5.62. The van der Waals surface area contributed by atoms with E-state index in [0.717, 1.165) is 30.8 Å². The van der Waals surface area contributed by atoms with Gasteiger partial charge in [-0.05, 0) is 64.8 Å². The van der Waals surface area contributed by atoms with Gasteiger partial charge in [0.2, 0.25) is 0 Å². The summed E-state index contributed by atoms with van der Waals surface area (Å²) in [4.78, 5) is 4.55. The maximum absolute atomic E-state index is 5.97. The lowest BCUT2D eigenvalue weighted by molar-refractivity contribution is 0.235. The lowest BCUT2D eigenvalue weighted by Crippen LogP contribution is -2.32. The number of likely N-dealkylation sites (N-methyl/N-ethyl adjacent to an activating group) is 1. The Morgan fingerprint density at radius 1 is 1.20 bits per heavy atom. The fourth-order valence-corrected chi connectivity index (χ4v) is 2.47. The Hall–Kier alpha value is -1.10. The summed E-state index contributed by atoms with van der Waals surface area (Å²) in [6.07, 6.45) is 1.15. The number of nitrogens with two attached hydrogens (primary N) is 1. The van der Waals surface area contributed by atoms with Crippen molar-refractivity contribution in [1.82, 2.24) is 9.80 Å². The zero-order valence-corrected chi connectivity index (χ0v) is 13.5. The van der Waals surface area contributed by atoms with Gasteiger partial charge in [-0.25, -0.2) is 0 Å². The molecule has 0 saturated heterocycles. The summed E-state index contributed by atoms with van der Waals surface area (Å²) in [6.45, 7) is 4.85. The number of aryl methyl sites for hydroxylation is 1. The van der Waals surface area contributed by atoms with Crippen LogP contribution in [0.15, 0.2) is 18.2 Å². The summed E-state index contributed by atoms with van der Waals surface area (Å²) < 4.78 is 5.31. The van der Waals surface area contributed by atoms with Crippen LogP contribution in [0.25, 0.3) is 0 Å². The normalized spacial score (nSPS) is 13.0. The molecule has 0 bridgehead atoms. The maximum atomic E-state index is 5.97. The van der Waals surface area contributed by atoms with Crippen LogP contribution in [0.4, 0.5) is 0 Å². The highest BCUT2D eigenvalue weighted by Gasteiger charge is 2.16. The first-order chi connectivity index (χ1) is 9.49. The van der Waals surface area contributed by atoms with Crippen LogP contribution in [0, 0.1) is 6.92 Å². The van der Waals surface area contributed by atoms with Crippen LogP contribution in [0.3, 0.4) is 0 Å². The van der Waals surface area contributed by atoms with E-state index in [0.29, 0.717) is 6.54 Å². The van der Waals surface area contributed by atoms with Gasteiger partial charge in [0.15, 0.2) is 0 Å². The van der Waals surface area contributed by atoms with Crippen molar-refractivity contribution >= 4 is 0 Å². The molecule has 0 radical (unpaired) electrons. The van der Waals surface area contributed by atoms with E-state index in [9.17, 15) is 0 Å². The number of nitrogens with zero attached hydrogens (tertiary/aromatic N) is 2. The van der Waals surface area contributed by atoms with Crippen molar-refractivity contribution in [1.29, 1.82) is 0 Å². The monoisotopic (exact) mass is 279 g/mol. The summed E-state index contributed by atoms with van der Waals surface area (Å²) >= 11 is 0. The molecule has 0 aliphatic rings. The number of methoxy groups -OCH3 is 1. The molecule has 1 aromatic carbocycles. The van der Waals surface area contributed by atoms with Crippen molar-refractivity contribution in [2.24, 2.45) is 5.73 Å². The Kier molecular flexibility index (Phi) is 6.99. The van der Waals surface area contributed by atoms with Gasteiger partial charge in [-0.1, -0.05) is 12.1 Å². The number of hydrogen-bond donors (Lipinski definition) is 1. The van der Waals surface area contributed by atoms with Gasteiger partial charge in [-0.15, -0.1) is 0 Å². The molecule has 0 spiro atoms. The molecule has 4 heteroatoms. The van der Waals surface area contributed by atoms with E-state index < -0.39 is 0 Å². The minimum absolute atomic E-state index is 0.266. The largest absolute Gasteiger partial charge is 0.496 e. The fourth-order valence-electron chi connectivity index (χ4n) is 2.47. The van der Waals surface area contributed by atoms with E-state index in [1.54, 1.807) is 7.11 Å². The number of hydrogen-bond acceptors (Lipinski definition) is 4. The van der Waals surface area contributed by atoms with Crippen LogP contribution >= 0.6 is 0 Å². The van der Waals surface area contributed by atoms with Gasteiger partial charge in [0, 0.05) is 12.6 Å². The minimum Gasteiger partial charge on any atom is -0.496 e. The molecule has 1 aromatic rings. The highest BCUT2D eigenvalue weighted by Crippen LogP contribution is 2.25. The van der Waals surface area contributed by atoms with E-state index in [1.165, 1.54) is 5.56 Å². The molecule has 0 saturated carbocycles. The first-order valence-electron chi connectivity index (χ1n) is 7.19. The SMILES string of the molecule is COc1ccc(C(CN)N(C)CCCN(C)C)cc1C. The first kappa shape index (κ1) is 17.0. The summed E-state index contributed by atoms with van der Waals surface area (Å²) in [6, 6.07) is 6.59. The molecular weight excluding hydrogens is 250 g/mol. The standard InChI is InChI=1S/C16H29N3O/c1-13-11-14(7-8-16(13)20-5)15(12-17)19(4)10-6-9-18(2)3/h7-8,11,15H,6,9-10,12,17H2,1-5H3. The zero-order valence-electron chi connectivity index (χ0n) is 13.5. The van der Waals surface area contributed by atoms with E-state index in [2.05, 4.69) is 50.0 Å². The molecule has 1 unspecified atom stereocenters. The van der Waals surface area contributed by atoms with Gasteiger partial charge >= 0.3 is 0 Å². The average Bonchev–Trinajstić information content (AvgIpc) is 2.39. The molecule has 0 aromatic heterocycles. The Morgan fingerprint density at radius 3 is 2.40 bits per heavy atom. The summed E-state index contributed by atoms with van der Waals surface area (Å²) in [5.74, 6) is 0.930. The molecule has 114 valence electrons. The third-order valence-electron chi connectivity index (χ3n) is 3.68. The van der Waals surface area contributed by atoms with Gasteiger partial charge in [0.25, 0.3) is 0 Å². The Morgan fingerprint density at radius 2 is 1.90 bits per heavy atom. The van der Waals surface area contributed by atoms with E-state index in [1.807, 2.05) is 6.07 Å². The van der Waals surface area contributed by atoms with Crippen molar-refractivity contribution < 1.29 is 4.74 Å². The zero-order chi connectivity index (χ0) is 15.1. The van der Waals surface area contributed by atoms with E-state index in [4.69, 9.17) is 10.5 Å². The number of rotatable bonds is 8. The van der Waals surface area contributed by atoms with Gasteiger partial charge in [0.1, 0.15) is 5.75 Å². The maximum Gasteiger partial charge on any atom is 0.121 e. The first-order valence-corrected chi connectivity index (χ1v) is 7.19. The predicted octanol–water partition coefficient (Wildman–Crippen LogP) is 1.89. The summed E-state index contributed by atoms with van der Waals surface area (Å²) in [5, 5.41) is 0. The topological polar surface area (TPSA) is 41.7 Å².